The minimum atomic E-state index is -3.69. The zero-order chi connectivity index (χ0) is 25.4. The number of benzene rings is 2. The minimum Gasteiger partial charge on any atom is -0.282 e. The van der Waals surface area contributed by atoms with Crippen LogP contribution in [0.5, 0.6) is 0 Å². The number of nitro groups is 1. The van der Waals surface area contributed by atoms with E-state index in [1.807, 2.05) is 18.7 Å². The van der Waals surface area contributed by atoms with Gasteiger partial charge >= 0.3 is 0 Å². The first-order valence-corrected chi connectivity index (χ1v) is 14.6. The lowest BCUT2D eigenvalue weighted by Gasteiger charge is -2.40. The molecule has 10 nitrogen and oxygen atoms in total. The third-order valence-corrected chi connectivity index (χ3v) is 9.93. The lowest BCUT2D eigenvalue weighted by Crippen LogP contribution is -2.65. The van der Waals surface area contributed by atoms with Gasteiger partial charge in [-0.1, -0.05) is 35.4 Å². The Bertz CT molecular complexity index is 1220. The molecule has 0 N–H and O–H groups in total. The van der Waals surface area contributed by atoms with Crippen LogP contribution in [-0.4, -0.2) is 93.1 Å². The maximum atomic E-state index is 13.0. The summed E-state index contributed by atoms with van der Waals surface area (Å²) in [7, 11) is -7.37. The molecule has 35 heavy (non-hydrogen) atoms. The summed E-state index contributed by atoms with van der Waals surface area (Å²) in [5.74, 6) is -0.676. The van der Waals surface area contributed by atoms with Gasteiger partial charge in [-0.2, -0.15) is 0 Å². The van der Waals surface area contributed by atoms with Crippen LogP contribution < -0.4 is 0 Å². The lowest BCUT2D eigenvalue weighted by atomic mass is 9.97. The van der Waals surface area contributed by atoms with Crippen molar-refractivity contribution < 1.29 is 21.8 Å². The molecule has 4 rings (SSSR count). The molecule has 12 heteroatoms. The molecule has 2 aromatic rings. The van der Waals surface area contributed by atoms with Crippen LogP contribution in [0.1, 0.15) is 11.1 Å². The van der Waals surface area contributed by atoms with Gasteiger partial charge in [-0.05, 0) is 38.1 Å². The van der Waals surface area contributed by atoms with Crippen molar-refractivity contribution in [1.82, 2.24) is 14.7 Å². The molecule has 0 aliphatic carbocycles. The number of fused-ring (bicyclic) bond motifs is 2. The van der Waals surface area contributed by atoms with Gasteiger partial charge in [0.05, 0.1) is 36.1 Å². The highest BCUT2D eigenvalue weighted by Gasteiger charge is 2.52. The van der Waals surface area contributed by atoms with E-state index in [-0.39, 0.29) is 52.8 Å². The Labute approximate surface area is 206 Å². The van der Waals surface area contributed by atoms with Crippen LogP contribution in [-0.2, 0) is 19.7 Å². The maximum Gasteiger partial charge on any atom is 0.259 e. The lowest BCUT2D eigenvalue weighted by molar-refractivity contribution is -0.574. The van der Waals surface area contributed by atoms with Crippen LogP contribution in [0.2, 0.25) is 0 Å². The van der Waals surface area contributed by atoms with Gasteiger partial charge in [0.25, 0.3) is 5.54 Å². The van der Waals surface area contributed by atoms with Crippen molar-refractivity contribution in [2.75, 3.05) is 51.1 Å². The van der Waals surface area contributed by atoms with E-state index in [4.69, 9.17) is 0 Å². The number of hydrogen-bond donors (Lipinski definition) is 0. The molecule has 2 heterocycles. The second-order valence-electron chi connectivity index (χ2n) is 9.67. The first kappa shape index (κ1) is 25.7. The topological polar surface area (TPSA) is 121 Å². The predicted molar refractivity (Wildman–Crippen MR) is 131 cm³/mol. The predicted octanol–water partition coefficient (Wildman–Crippen LogP) is 1.37. The van der Waals surface area contributed by atoms with Crippen LogP contribution in [0.15, 0.2) is 58.3 Å². The molecule has 190 valence electrons. The van der Waals surface area contributed by atoms with E-state index in [9.17, 15) is 26.9 Å². The number of hydrogen-bond acceptors (Lipinski definition) is 9. The highest BCUT2D eigenvalue weighted by molar-refractivity contribution is 7.91. The monoisotopic (exact) mass is 522 g/mol. The SMILES string of the molecule is Cc1ccc(S(=O)(=O)CN2CCN3CN(CS(=O)(=O)c4ccc(C)cc4)CC([N+](=O)[O-])(C3)C2)cc1. The smallest absolute Gasteiger partial charge is 0.259 e. The summed E-state index contributed by atoms with van der Waals surface area (Å²) in [6.07, 6.45) is 0. The van der Waals surface area contributed by atoms with Gasteiger partial charge in [0.15, 0.2) is 19.7 Å². The molecule has 2 unspecified atom stereocenters. The highest BCUT2D eigenvalue weighted by Crippen LogP contribution is 2.27. The van der Waals surface area contributed by atoms with Gasteiger partial charge in [-0.25, -0.2) is 16.8 Å². The van der Waals surface area contributed by atoms with Crippen LogP contribution in [0.4, 0.5) is 0 Å². The third-order valence-electron chi connectivity index (χ3n) is 6.54. The minimum absolute atomic E-state index is 0.0807. The molecule has 0 amide bonds. The zero-order valence-corrected chi connectivity index (χ0v) is 21.5. The Morgan fingerprint density at radius 3 is 1.71 bits per heavy atom. The Morgan fingerprint density at radius 1 is 0.771 bits per heavy atom. The van der Waals surface area contributed by atoms with E-state index in [0.717, 1.165) is 11.1 Å². The van der Waals surface area contributed by atoms with E-state index < -0.39 is 25.2 Å². The number of aryl methyl sites for hydroxylation is 2. The van der Waals surface area contributed by atoms with Crippen LogP contribution in [0.3, 0.4) is 0 Å². The van der Waals surface area contributed by atoms with Crippen molar-refractivity contribution in [2.24, 2.45) is 0 Å². The van der Waals surface area contributed by atoms with Gasteiger partial charge in [-0.15, -0.1) is 0 Å². The number of sulfone groups is 2. The van der Waals surface area contributed by atoms with Gasteiger partial charge in [0.2, 0.25) is 0 Å². The Kier molecular flexibility index (Phi) is 7.04. The molecule has 2 aliphatic rings. The fourth-order valence-corrected chi connectivity index (χ4v) is 7.54. The number of nitrogens with zero attached hydrogens (tertiary/aromatic N) is 4. The van der Waals surface area contributed by atoms with Gasteiger partial charge in [-0.3, -0.25) is 24.8 Å². The van der Waals surface area contributed by atoms with Crippen molar-refractivity contribution >= 4 is 19.7 Å². The van der Waals surface area contributed by atoms with Crippen molar-refractivity contribution in [3.8, 4) is 0 Å². The Morgan fingerprint density at radius 2 is 1.23 bits per heavy atom. The summed E-state index contributed by atoms with van der Waals surface area (Å²) in [6.45, 7) is 4.71. The van der Waals surface area contributed by atoms with Gasteiger partial charge < -0.3 is 0 Å². The molecular formula is C23H30N4O6S2. The molecule has 0 aromatic heterocycles. The molecular weight excluding hydrogens is 492 g/mol. The summed E-state index contributed by atoms with van der Waals surface area (Å²) in [5.41, 5.74) is 0.376. The first-order chi connectivity index (χ1) is 16.4. The molecule has 2 fully saturated rings. The Balaban J connectivity index is 1.54. The standard InChI is InChI=1S/C23H30N4O6S2/c1-19-3-7-21(8-4-19)34(30,31)17-25-12-11-24-13-23(14-25,27(28)29)15-26(16-24)18-35(32,33)22-9-5-20(2)6-10-22/h3-10H,11-18H2,1-2H3. The molecule has 2 bridgehead atoms. The van der Waals surface area contributed by atoms with Gasteiger partial charge in [0.1, 0.15) is 11.8 Å². The van der Waals surface area contributed by atoms with E-state index >= 15 is 0 Å². The molecule has 2 atom stereocenters. The average molecular weight is 523 g/mol. The second kappa shape index (κ2) is 9.58. The van der Waals surface area contributed by atoms with Crippen molar-refractivity contribution in [3.63, 3.8) is 0 Å². The summed E-state index contributed by atoms with van der Waals surface area (Å²) in [4.78, 5) is 17.3. The third kappa shape index (κ3) is 5.72. The summed E-state index contributed by atoms with van der Waals surface area (Å²) >= 11 is 0. The quantitative estimate of drug-likeness (QED) is 0.392. The summed E-state index contributed by atoms with van der Waals surface area (Å²) in [6, 6.07) is 13.1. The van der Waals surface area contributed by atoms with Crippen LogP contribution >= 0.6 is 0 Å². The first-order valence-electron chi connectivity index (χ1n) is 11.3. The molecule has 0 spiro atoms. The van der Waals surface area contributed by atoms with E-state index in [0.29, 0.717) is 13.1 Å². The second-order valence-corrected chi connectivity index (χ2v) is 13.6. The van der Waals surface area contributed by atoms with Crippen LogP contribution in [0, 0.1) is 24.0 Å². The fraction of sp³-hybridized carbons (Fsp3) is 0.478. The molecule has 0 radical (unpaired) electrons. The zero-order valence-electron chi connectivity index (χ0n) is 19.8. The highest BCUT2D eigenvalue weighted by atomic mass is 32.2. The normalized spacial score (nSPS) is 24.1. The van der Waals surface area contributed by atoms with E-state index in [1.54, 1.807) is 58.3 Å². The summed E-state index contributed by atoms with van der Waals surface area (Å²) in [5, 5.41) is 12.3. The average Bonchev–Trinajstić information content (AvgIpc) is 2.89. The largest absolute Gasteiger partial charge is 0.282 e. The Hall–Kier alpha value is -2.38. The molecule has 2 saturated heterocycles. The fourth-order valence-electron chi connectivity index (χ4n) is 4.78. The van der Waals surface area contributed by atoms with Crippen molar-refractivity contribution in [2.45, 2.75) is 29.2 Å². The van der Waals surface area contributed by atoms with Crippen molar-refractivity contribution in [3.05, 3.63) is 69.8 Å². The maximum absolute atomic E-state index is 13.0. The molecule has 2 aromatic carbocycles. The van der Waals surface area contributed by atoms with Gasteiger partial charge in [0, 0.05) is 18.0 Å². The summed E-state index contributed by atoms with van der Waals surface area (Å²) < 4.78 is 52.0. The van der Waals surface area contributed by atoms with E-state index in [2.05, 4.69) is 0 Å². The van der Waals surface area contributed by atoms with Crippen LogP contribution in [0.25, 0.3) is 0 Å². The van der Waals surface area contributed by atoms with Crippen molar-refractivity contribution in [1.29, 1.82) is 0 Å². The number of rotatable bonds is 7. The van der Waals surface area contributed by atoms with E-state index in [1.165, 1.54) is 0 Å². The molecule has 2 aliphatic heterocycles. The molecule has 0 saturated carbocycles.